The van der Waals surface area contributed by atoms with Crippen LogP contribution in [0.2, 0.25) is 0 Å². The molecule has 2 aliphatic heterocycles. The van der Waals surface area contributed by atoms with E-state index >= 15 is 0 Å². The van der Waals surface area contributed by atoms with Gasteiger partial charge in [0.05, 0.1) is 13.2 Å². The van der Waals surface area contributed by atoms with Crippen molar-refractivity contribution in [3.05, 3.63) is 48.2 Å². The van der Waals surface area contributed by atoms with E-state index in [1.807, 2.05) is 31.2 Å². The van der Waals surface area contributed by atoms with Crippen LogP contribution in [0.15, 0.2) is 36.9 Å². The SMILES string of the molecule is C=CCOC(=O)NCCC[C@H]1C(=O)N2[C@H](C(=O)OC)Cc3c([nH]c4ccccc34)[C@@H]2CN1C(=O)NCCC. The molecule has 0 radical (unpaired) electrons. The first-order chi connectivity index (χ1) is 18.4. The van der Waals surface area contributed by atoms with E-state index in [0.717, 1.165) is 28.6 Å². The largest absolute Gasteiger partial charge is 0.467 e. The normalized spacial score (nSPS) is 20.4. The van der Waals surface area contributed by atoms with Crippen molar-refractivity contribution in [1.29, 1.82) is 0 Å². The molecule has 0 saturated carbocycles. The Morgan fingerprint density at radius 2 is 2.00 bits per heavy atom. The number of carbonyl (C=O) groups excluding carboxylic acids is 4. The Morgan fingerprint density at radius 3 is 2.74 bits per heavy atom. The lowest BCUT2D eigenvalue weighted by molar-refractivity contribution is -0.162. The smallest absolute Gasteiger partial charge is 0.407 e. The molecule has 1 fully saturated rings. The second kappa shape index (κ2) is 12.0. The maximum absolute atomic E-state index is 14.0. The van der Waals surface area contributed by atoms with Gasteiger partial charge in [-0.1, -0.05) is 37.8 Å². The molecule has 2 aromatic rings. The molecule has 1 aromatic heterocycles. The van der Waals surface area contributed by atoms with Gasteiger partial charge in [-0.05, 0) is 30.9 Å². The first-order valence-corrected chi connectivity index (χ1v) is 13.0. The number of hydrogen-bond acceptors (Lipinski definition) is 6. The topological polar surface area (TPSA) is 133 Å². The number of nitrogens with zero attached hydrogens (tertiary/aromatic N) is 2. The van der Waals surface area contributed by atoms with E-state index in [4.69, 9.17) is 9.47 Å². The number of benzene rings is 1. The van der Waals surface area contributed by atoms with Crippen LogP contribution in [0.5, 0.6) is 0 Å². The Hall–Kier alpha value is -4.02. The average Bonchev–Trinajstić information content (AvgIpc) is 3.31. The lowest BCUT2D eigenvalue weighted by Crippen LogP contribution is -2.66. The van der Waals surface area contributed by atoms with E-state index < -0.39 is 30.2 Å². The Bertz CT molecular complexity index is 1210. The van der Waals surface area contributed by atoms with Crippen LogP contribution in [-0.4, -0.2) is 84.2 Å². The molecule has 2 aliphatic rings. The number of aromatic amines is 1. The van der Waals surface area contributed by atoms with Crippen LogP contribution in [0.3, 0.4) is 0 Å². The quantitative estimate of drug-likeness (QED) is 0.262. The van der Waals surface area contributed by atoms with E-state index in [9.17, 15) is 19.2 Å². The number of esters is 1. The molecule has 3 heterocycles. The van der Waals surface area contributed by atoms with Crippen LogP contribution in [0.25, 0.3) is 10.9 Å². The number of hydrogen-bond donors (Lipinski definition) is 3. The molecule has 0 bridgehead atoms. The summed E-state index contributed by atoms with van der Waals surface area (Å²) in [5.41, 5.74) is 2.70. The number of aromatic nitrogens is 1. The summed E-state index contributed by atoms with van der Waals surface area (Å²) in [5.74, 6) is -0.810. The van der Waals surface area contributed by atoms with Gasteiger partial charge < -0.3 is 34.9 Å². The number of amides is 4. The highest BCUT2D eigenvalue weighted by molar-refractivity contribution is 5.94. The lowest BCUT2D eigenvalue weighted by Gasteiger charge is -2.49. The van der Waals surface area contributed by atoms with Crippen molar-refractivity contribution in [1.82, 2.24) is 25.4 Å². The molecule has 0 unspecified atom stereocenters. The molecular formula is C27H35N5O6. The fourth-order valence-corrected chi connectivity index (χ4v) is 5.32. The average molecular weight is 526 g/mol. The Morgan fingerprint density at radius 1 is 1.21 bits per heavy atom. The van der Waals surface area contributed by atoms with Gasteiger partial charge in [-0.2, -0.15) is 0 Å². The van der Waals surface area contributed by atoms with Gasteiger partial charge in [0.15, 0.2) is 0 Å². The van der Waals surface area contributed by atoms with Gasteiger partial charge in [0.1, 0.15) is 18.7 Å². The summed E-state index contributed by atoms with van der Waals surface area (Å²) in [6.45, 7) is 6.51. The summed E-state index contributed by atoms with van der Waals surface area (Å²) in [6.07, 6.45) is 2.69. The summed E-state index contributed by atoms with van der Waals surface area (Å²) in [7, 11) is 1.32. The zero-order valence-electron chi connectivity index (χ0n) is 21.8. The molecule has 3 atom stereocenters. The second-order valence-corrected chi connectivity index (χ2v) is 9.42. The van der Waals surface area contributed by atoms with E-state index in [-0.39, 0.29) is 31.6 Å². The molecule has 11 nitrogen and oxygen atoms in total. The molecule has 4 amide bonds. The number of methoxy groups -OCH3 is 1. The minimum absolute atomic E-state index is 0.0966. The number of ether oxygens (including phenoxy) is 2. The summed E-state index contributed by atoms with van der Waals surface area (Å²) < 4.78 is 10.0. The van der Waals surface area contributed by atoms with Crippen molar-refractivity contribution in [2.75, 3.05) is 33.4 Å². The Kier molecular flexibility index (Phi) is 8.55. The van der Waals surface area contributed by atoms with Crippen LogP contribution in [0.4, 0.5) is 9.59 Å². The molecule has 4 rings (SSSR count). The van der Waals surface area contributed by atoms with E-state index in [0.29, 0.717) is 25.8 Å². The summed E-state index contributed by atoms with van der Waals surface area (Å²) in [5, 5.41) is 6.52. The second-order valence-electron chi connectivity index (χ2n) is 9.42. The van der Waals surface area contributed by atoms with Gasteiger partial charge in [0, 0.05) is 42.7 Å². The highest BCUT2D eigenvalue weighted by Gasteiger charge is 2.51. The minimum Gasteiger partial charge on any atom is -0.467 e. The van der Waals surface area contributed by atoms with Crippen molar-refractivity contribution >= 4 is 34.9 Å². The Balaban J connectivity index is 1.63. The van der Waals surface area contributed by atoms with E-state index in [2.05, 4.69) is 22.2 Å². The molecule has 0 spiro atoms. The van der Waals surface area contributed by atoms with Crippen molar-refractivity contribution in [2.24, 2.45) is 0 Å². The summed E-state index contributed by atoms with van der Waals surface area (Å²) in [4.78, 5) is 58.5. The number of H-pyrrole nitrogens is 1. The van der Waals surface area contributed by atoms with Gasteiger partial charge in [0.2, 0.25) is 5.91 Å². The lowest BCUT2D eigenvalue weighted by atomic mass is 9.87. The predicted octanol–water partition coefficient (Wildman–Crippen LogP) is 2.63. The third kappa shape index (κ3) is 5.32. The zero-order chi connectivity index (χ0) is 27.2. The fraction of sp³-hybridized carbons (Fsp3) is 0.481. The van der Waals surface area contributed by atoms with E-state index in [1.165, 1.54) is 13.2 Å². The maximum atomic E-state index is 14.0. The molecular weight excluding hydrogens is 490 g/mol. The molecule has 0 aliphatic carbocycles. The third-order valence-electron chi connectivity index (χ3n) is 7.05. The van der Waals surface area contributed by atoms with E-state index in [1.54, 1.807) is 9.80 Å². The third-order valence-corrected chi connectivity index (χ3v) is 7.05. The number of rotatable bonds is 9. The van der Waals surface area contributed by atoms with Crippen LogP contribution in [-0.2, 0) is 25.5 Å². The highest BCUT2D eigenvalue weighted by atomic mass is 16.5. The minimum atomic E-state index is -0.806. The number of fused-ring (bicyclic) bond motifs is 5. The first kappa shape index (κ1) is 27.0. The molecule has 3 N–H and O–H groups in total. The summed E-state index contributed by atoms with van der Waals surface area (Å²) in [6, 6.07) is 5.33. The van der Waals surface area contributed by atoms with Crippen molar-refractivity contribution in [3.63, 3.8) is 0 Å². The van der Waals surface area contributed by atoms with Crippen molar-refractivity contribution < 1.29 is 28.7 Å². The fourth-order valence-electron chi connectivity index (χ4n) is 5.32. The van der Waals surface area contributed by atoms with Crippen LogP contribution in [0.1, 0.15) is 43.5 Å². The number of para-hydroxylation sites is 1. The molecule has 1 aromatic carbocycles. The van der Waals surface area contributed by atoms with Gasteiger partial charge in [-0.3, -0.25) is 4.79 Å². The van der Waals surface area contributed by atoms with Crippen molar-refractivity contribution in [3.8, 4) is 0 Å². The number of carbonyl (C=O) groups is 4. The predicted molar refractivity (Wildman–Crippen MR) is 140 cm³/mol. The molecule has 11 heteroatoms. The number of urea groups is 1. The van der Waals surface area contributed by atoms with Crippen LogP contribution >= 0.6 is 0 Å². The molecule has 1 saturated heterocycles. The Labute approximate surface area is 221 Å². The summed E-state index contributed by atoms with van der Waals surface area (Å²) >= 11 is 0. The number of piperazine rings is 1. The van der Waals surface area contributed by atoms with Gasteiger partial charge in [0.25, 0.3) is 0 Å². The van der Waals surface area contributed by atoms with Gasteiger partial charge >= 0.3 is 18.1 Å². The highest BCUT2D eigenvalue weighted by Crippen LogP contribution is 2.41. The molecule has 204 valence electrons. The number of nitrogens with one attached hydrogen (secondary N) is 3. The standard InChI is InChI=1S/C27H35N5O6/c1-4-12-28-26(35)31-16-22-23-18(17-9-6-7-10-19(17)30-23)15-21(25(34)37-3)32(22)24(33)20(31)11-8-13-29-27(36)38-14-5-2/h5-7,9-10,20-22,30H,2,4,8,11-16H2,1,3H3,(H,28,35)(H,29,36)/t20-,21-,22-/m0/s1. The van der Waals surface area contributed by atoms with Gasteiger partial charge in [-0.15, -0.1) is 0 Å². The zero-order valence-corrected chi connectivity index (χ0v) is 21.8. The number of alkyl carbamates (subject to hydrolysis) is 1. The van der Waals surface area contributed by atoms with Crippen molar-refractivity contribution in [2.45, 2.75) is 50.7 Å². The van der Waals surface area contributed by atoms with Crippen LogP contribution in [0, 0.1) is 0 Å². The molecule has 38 heavy (non-hydrogen) atoms. The van der Waals surface area contributed by atoms with Crippen LogP contribution < -0.4 is 10.6 Å². The van der Waals surface area contributed by atoms with Gasteiger partial charge in [-0.25, -0.2) is 14.4 Å². The maximum Gasteiger partial charge on any atom is 0.407 e. The first-order valence-electron chi connectivity index (χ1n) is 13.0. The monoisotopic (exact) mass is 525 g/mol.